The second kappa shape index (κ2) is 3.74. The smallest absolute Gasteiger partial charge is 0.289 e. The SMILES string of the molecule is O=c1ncc2cccc3c2n1CC(C(F)(F)F)S3. The minimum Gasteiger partial charge on any atom is -0.289 e. The molecule has 0 N–H and O–H groups in total. The molecule has 3 rings (SSSR count). The third-order valence-electron chi connectivity index (χ3n) is 2.83. The van der Waals surface area contributed by atoms with Crippen molar-refractivity contribution in [2.75, 3.05) is 0 Å². The van der Waals surface area contributed by atoms with Crippen LogP contribution in [-0.2, 0) is 6.54 Å². The Morgan fingerprint density at radius 1 is 1.39 bits per heavy atom. The number of alkyl halides is 3. The molecule has 0 saturated heterocycles. The zero-order valence-corrected chi connectivity index (χ0v) is 9.76. The Balaban J connectivity index is 2.26. The van der Waals surface area contributed by atoms with Crippen LogP contribution in [0.3, 0.4) is 0 Å². The topological polar surface area (TPSA) is 34.9 Å². The molecular weight excluding hydrogens is 265 g/mol. The van der Waals surface area contributed by atoms with E-state index in [-0.39, 0.29) is 6.54 Å². The minimum atomic E-state index is -4.33. The molecule has 0 aliphatic carbocycles. The van der Waals surface area contributed by atoms with Gasteiger partial charge in [-0.25, -0.2) is 9.78 Å². The van der Waals surface area contributed by atoms with E-state index in [1.54, 1.807) is 18.2 Å². The molecule has 0 radical (unpaired) electrons. The number of aromatic nitrogens is 2. The van der Waals surface area contributed by atoms with Gasteiger partial charge in [0.25, 0.3) is 0 Å². The Bertz CT molecular complexity index is 680. The number of hydrogen-bond acceptors (Lipinski definition) is 3. The van der Waals surface area contributed by atoms with Gasteiger partial charge in [0.15, 0.2) is 0 Å². The largest absolute Gasteiger partial charge is 0.402 e. The van der Waals surface area contributed by atoms with Gasteiger partial charge in [-0.1, -0.05) is 12.1 Å². The molecule has 0 fully saturated rings. The fraction of sp³-hybridized carbons (Fsp3) is 0.273. The molecule has 1 unspecified atom stereocenters. The number of nitrogens with zero attached hydrogens (tertiary/aromatic N) is 2. The van der Waals surface area contributed by atoms with Crippen molar-refractivity contribution in [1.29, 1.82) is 0 Å². The zero-order chi connectivity index (χ0) is 12.9. The number of para-hydroxylation sites is 1. The Hall–Kier alpha value is -1.50. The van der Waals surface area contributed by atoms with Crippen molar-refractivity contribution in [3.05, 3.63) is 34.9 Å². The molecule has 0 saturated carbocycles. The van der Waals surface area contributed by atoms with E-state index >= 15 is 0 Å². The summed E-state index contributed by atoms with van der Waals surface area (Å²) in [6.07, 6.45) is -2.94. The van der Waals surface area contributed by atoms with Gasteiger partial charge in [0.05, 0.1) is 5.52 Å². The van der Waals surface area contributed by atoms with Crippen molar-refractivity contribution in [3.8, 4) is 0 Å². The van der Waals surface area contributed by atoms with Crippen LogP contribution < -0.4 is 5.69 Å². The van der Waals surface area contributed by atoms with Crippen molar-refractivity contribution in [2.45, 2.75) is 22.9 Å². The van der Waals surface area contributed by atoms with Crippen LogP contribution in [0.25, 0.3) is 10.9 Å². The summed E-state index contributed by atoms with van der Waals surface area (Å²) in [4.78, 5) is 15.7. The monoisotopic (exact) mass is 272 g/mol. The first kappa shape index (κ1) is 11.6. The van der Waals surface area contributed by atoms with Crippen LogP contribution in [0.15, 0.2) is 34.1 Å². The summed E-state index contributed by atoms with van der Waals surface area (Å²) in [5, 5.41) is -0.919. The van der Waals surface area contributed by atoms with Gasteiger partial charge in [0.1, 0.15) is 5.25 Å². The number of hydrogen-bond donors (Lipinski definition) is 0. The van der Waals surface area contributed by atoms with Gasteiger partial charge in [-0.15, -0.1) is 11.8 Å². The molecule has 1 aromatic heterocycles. The Kier molecular flexibility index (Phi) is 2.41. The van der Waals surface area contributed by atoms with Crippen LogP contribution in [0.4, 0.5) is 13.2 Å². The highest BCUT2D eigenvalue weighted by Crippen LogP contribution is 2.41. The molecule has 1 aliphatic rings. The summed E-state index contributed by atoms with van der Waals surface area (Å²) in [5.41, 5.74) is -0.0903. The standard InChI is InChI=1S/C11H7F3N2OS/c12-11(13,14)8-5-16-9-6(4-15-10(16)17)2-1-3-7(9)18-8/h1-4,8H,5H2. The Morgan fingerprint density at radius 2 is 2.17 bits per heavy atom. The average Bonchev–Trinajstić information content (AvgIpc) is 2.32. The predicted octanol–water partition coefficient (Wildman–Crippen LogP) is 2.43. The number of halogens is 3. The lowest BCUT2D eigenvalue weighted by atomic mass is 10.2. The van der Waals surface area contributed by atoms with E-state index < -0.39 is 17.1 Å². The number of thioether (sulfide) groups is 1. The minimum absolute atomic E-state index is 0.381. The van der Waals surface area contributed by atoms with Crippen LogP contribution in [0, 0.1) is 0 Å². The number of benzene rings is 1. The first-order valence-corrected chi connectivity index (χ1v) is 6.07. The van der Waals surface area contributed by atoms with Gasteiger partial charge in [-0.3, -0.25) is 4.57 Å². The van der Waals surface area contributed by atoms with Gasteiger partial charge < -0.3 is 0 Å². The maximum atomic E-state index is 12.8. The molecule has 94 valence electrons. The zero-order valence-electron chi connectivity index (χ0n) is 8.94. The van der Waals surface area contributed by atoms with E-state index in [0.717, 1.165) is 16.3 Å². The normalized spacial score (nSPS) is 19.2. The molecule has 18 heavy (non-hydrogen) atoms. The van der Waals surface area contributed by atoms with Crippen LogP contribution in [-0.4, -0.2) is 21.0 Å². The van der Waals surface area contributed by atoms with Crippen LogP contribution >= 0.6 is 11.8 Å². The van der Waals surface area contributed by atoms with Crippen molar-refractivity contribution in [3.63, 3.8) is 0 Å². The quantitative estimate of drug-likeness (QED) is 0.738. The van der Waals surface area contributed by atoms with Crippen molar-refractivity contribution < 1.29 is 13.2 Å². The molecule has 7 heteroatoms. The maximum Gasteiger partial charge on any atom is 0.402 e. The summed E-state index contributed by atoms with van der Waals surface area (Å²) in [6, 6.07) is 5.00. The molecular formula is C11H7F3N2OS. The van der Waals surface area contributed by atoms with Gasteiger partial charge in [-0.05, 0) is 6.07 Å². The third kappa shape index (κ3) is 1.69. The van der Waals surface area contributed by atoms with Gasteiger partial charge in [-0.2, -0.15) is 13.2 Å². The molecule has 1 aliphatic heterocycles. The maximum absolute atomic E-state index is 12.8. The van der Waals surface area contributed by atoms with Gasteiger partial charge in [0, 0.05) is 23.0 Å². The van der Waals surface area contributed by atoms with E-state index in [2.05, 4.69) is 4.98 Å². The molecule has 0 bridgehead atoms. The number of rotatable bonds is 0. The lowest BCUT2D eigenvalue weighted by Gasteiger charge is -2.26. The third-order valence-corrected chi connectivity index (χ3v) is 4.11. The second-order valence-electron chi connectivity index (χ2n) is 3.99. The Labute approximate surface area is 104 Å². The molecule has 1 atom stereocenters. The van der Waals surface area contributed by atoms with E-state index in [9.17, 15) is 18.0 Å². The van der Waals surface area contributed by atoms with Crippen LogP contribution in [0.1, 0.15) is 0 Å². The first-order valence-electron chi connectivity index (χ1n) is 5.19. The summed E-state index contributed by atoms with van der Waals surface area (Å²) < 4.78 is 39.5. The summed E-state index contributed by atoms with van der Waals surface area (Å²) in [6.45, 7) is -0.381. The molecule has 3 nitrogen and oxygen atoms in total. The van der Waals surface area contributed by atoms with Gasteiger partial charge >= 0.3 is 11.9 Å². The van der Waals surface area contributed by atoms with E-state index in [1.807, 2.05) is 0 Å². The molecule has 2 aromatic rings. The fourth-order valence-corrected chi connectivity index (χ4v) is 3.17. The summed E-state index contributed by atoms with van der Waals surface area (Å²) >= 11 is 0.753. The van der Waals surface area contributed by atoms with Crippen LogP contribution in [0.2, 0.25) is 0 Å². The summed E-state index contributed by atoms with van der Waals surface area (Å²) in [7, 11) is 0. The highest BCUT2D eigenvalue weighted by molar-refractivity contribution is 8.00. The molecule has 1 aromatic carbocycles. The molecule has 0 amide bonds. The first-order chi connectivity index (χ1) is 8.47. The fourth-order valence-electron chi connectivity index (χ4n) is 2.01. The highest BCUT2D eigenvalue weighted by Gasteiger charge is 2.43. The van der Waals surface area contributed by atoms with E-state index in [1.165, 1.54) is 6.20 Å². The summed E-state index contributed by atoms with van der Waals surface area (Å²) in [5.74, 6) is 0. The van der Waals surface area contributed by atoms with Crippen LogP contribution in [0.5, 0.6) is 0 Å². The predicted molar refractivity (Wildman–Crippen MR) is 61.7 cm³/mol. The van der Waals surface area contributed by atoms with E-state index in [4.69, 9.17) is 0 Å². The van der Waals surface area contributed by atoms with Crippen molar-refractivity contribution in [2.24, 2.45) is 0 Å². The molecule has 0 spiro atoms. The Morgan fingerprint density at radius 3 is 2.89 bits per heavy atom. The average molecular weight is 272 g/mol. The lowest BCUT2D eigenvalue weighted by molar-refractivity contribution is -0.131. The van der Waals surface area contributed by atoms with Crippen molar-refractivity contribution in [1.82, 2.24) is 9.55 Å². The molecule has 2 heterocycles. The van der Waals surface area contributed by atoms with Gasteiger partial charge in [0.2, 0.25) is 0 Å². The lowest BCUT2D eigenvalue weighted by Crippen LogP contribution is -2.37. The van der Waals surface area contributed by atoms with Crippen molar-refractivity contribution >= 4 is 22.7 Å². The van der Waals surface area contributed by atoms with E-state index in [0.29, 0.717) is 15.8 Å². The second-order valence-corrected chi connectivity index (χ2v) is 5.24. The highest BCUT2D eigenvalue weighted by atomic mass is 32.2.